The quantitative estimate of drug-likeness (QED) is 0.919. The van der Waals surface area contributed by atoms with E-state index in [1.165, 1.54) is 30.6 Å². The van der Waals surface area contributed by atoms with Gasteiger partial charge in [-0.3, -0.25) is 9.78 Å². The van der Waals surface area contributed by atoms with Crippen LogP contribution in [0.5, 0.6) is 5.75 Å². The van der Waals surface area contributed by atoms with Crippen LogP contribution in [-0.2, 0) is 0 Å². The van der Waals surface area contributed by atoms with E-state index in [2.05, 4.69) is 4.98 Å². The third kappa shape index (κ3) is 2.64. The Labute approximate surface area is 139 Å². The number of fused-ring (bicyclic) bond motifs is 2. The number of carbonyl (C=O) groups excluding carboxylic acids is 1. The lowest BCUT2D eigenvalue weighted by molar-refractivity contribution is 0.0570. The molecule has 1 aromatic carbocycles. The lowest BCUT2D eigenvalue weighted by Crippen LogP contribution is -2.46. The molecule has 0 spiro atoms. The van der Waals surface area contributed by atoms with E-state index >= 15 is 0 Å². The Bertz CT molecular complexity index is 748. The van der Waals surface area contributed by atoms with E-state index in [-0.39, 0.29) is 29.6 Å². The van der Waals surface area contributed by atoms with Gasteiger partial charge in [-0.1, -0.05) is 12.1 Å². The summed E-state index contributed by atoms with van der Waals surface area (Å²) >= 11 is 0. The first-order chi connectivity index (χ1) is 11.6. The molecule has 2 aliphatic heterocycles. The van der Waals surface area contributed by atoms with Gasteiger partial charge in [0.1, 0.15) is 11.6 Å². The molecule has 2 fully saturated rings. The van der Waals surface area contributed by atoms with Crippen molar-refractivity contribution in [2.24, 2.45) is 0 Å². The molecule has 2 bridgehead atoms. The lowest BCUT2D eigenvalue weighted by Gasteiger charge is -2.39. The Kier molecular flexibility index (Phi) is 3.71. The summed E-state index contributed by atoms with van der Waals surface area (Å²) < 4.78 is 13.1. The van der Waals surface area contributed by atoms with Crippen LogP contribution >= 0.6 is 0 Å². The van der Waals surface area contributed by atoms with Gasteiger partial charge >= 0.3 is 0 Å². The number of aromatic hydroxyl groups is 1. The van der Waals surface area contributed by atoms with Gasteiger partial charge in [0.25, 0.3) is 5.91 Å². The van der Waals surface area contributed by atoms with E-state index in [0.717, 1.165) is 31.2 Å². The molecule has 1 aromatic heterocycles. The van der Waals surface area contributed by atoms with Gasteiger partial charge in [-0.25, -0.2) is 4.39 Å². The van der Waals surface area contributed by atoms with Crippen molar-refractivity contribution < 1.29 is 14.3 Å². The Balaban J connectivity index is 1.55. The minimum absolute atomic E-state index is 0.00870. The number of pyridine rings is 1. The first-order valence-electron chi connectivity index (χ1n) is 8.34. The minimum atomic E-state index is -0.217. The van der Waals surface area contributed by atoms with Crippen LogP contribution in [0.2, 0.25) is 0 Å². The Morgan fingerprint density at radius 1 is 1.12 bits per heavy atom. The van der Waals surface area contributed by atoms with Crippen molar-refractivity contribution in [3.63, 3.8) is 0 Å². The molecule has 5 heteroatoms. The van der Waals surface area contributed by atoms with Gasteiger partial charge in [0.05, 0.1) is 11.8 Å². The molecule has 2 unspecified atom stereocenters. The normalized spacial score (nSPS) is 25.7. The van der Waals surface area contributed by atoms with Crippen molar-refractivity contribution in [1.82, 2.24) is 9.88 Å². The van der Waals surface area contributed by atoms with Crippen molar-refractivity contribution in [2.45, 2.75) is 43.7 Å². The molecule has 124 valence electrons. The van der Waals surface area contributed by atoms with Crippen molar-refractivity contribution in [1.29, 1.82) is 0 Å². The number of hydrogen-bond acceptors (Lipinski definition) is 3. The molecule has 3 heterocycles. The lowest BCUT2D eigenvalue weighted by atomic mass is 9.85. The second-order valence-electron chi connectivity index (χ2n) is 6.75. The molecule has 24 heavy (non-hydrogen) atoms. The molecule has 1 amide bonds. The van der Waals surface area contributed by atoms with Crippen LogP contribution in [0.4, 0.5) is 4.39 Å². The molecule has 0 saturated carbocycles. The number of piperidine rings is 1. The summed E-state index contributed by atoms with van der Waals surface area (Å²) in [7, 11) is 0. The summed E-state index contributed by atoms with van der Waals surface area (Å²) in [6, 6.07) is 8.61. The van der Waals surface area contributed by atoms with Gasteiger partial charge in [0, 0.05) is 18.3 Å². The molecule has 2 aromatic rings. The molecule has 4 rings (SSSR count). The summed E-state index contributed by atoms with van der Waals surface area (Å²) in [5.74, 6) is 0.109. The fourth-order valence-electron chi connectivity index (χ4n) is 4.21. The Morgan fingerprint density at radius 2 is 1.79 bits per heavy atom. The van der Waals surface area contributed by atoms with E-state index in [1.54, 1.807) is 0 Å². The smallest absolute Gasteiger partial charge is 0.256 e. The Morgan fingerprint density at radius 3 is 2.42 bits per heavy atom. The van der Waals surface area contributed by atoms with Crippen LogP contribution in [0.1, 0.15) is 47.5 Å². The molecule has 0 radical (unpaired) electrons. The first kappa shape index (κ1) is 15.1. The highest BCUT2D eigenvalue weighted by molar-refractivity contribution is 5.95. The van der Waals surface area contributed by atoms with Crippen molar-refractivity contribution >= 4 is 5.91 Å². The number of benzene rings is 1. The summed E-state index contributed by atoms with van der Waals surface area (Å²) in [4.78, 5) is 18.7. The van der Waals surface area contributed by atoms with Crippen LogP contribution < -0.4 is 0 Å². The summed E-state index contributed by atoms with van der Waals surface area (Å²) in [6.45, 7) is 0. The Hall–Kier alpha value is -2.43. The molecule has 2 saturated heterocycles. The van der Waals surface area contributed by atoms with Gasteiger partial charge in [-0.2, -0.15) is 0 Å². The zero-order valence-electron chi connectivity index (χ0n) is 13.2. The van der Waals surface area contributed by atoms with Crippen LogP contribution in [-0.4, -0.2) is 33.0 Å². The second-order valence-corrected chi connectivity index (χ2v) is 6.75. The summed E-state index contributed by atoms with van der Waals surface area (Å²) in [5.41, 5.74) is 1.59. The standard InChI is InChI=1S/C19H19FN2O2/c20-15-3-1-12(2-4-15)13-7-16-5-6-17(8-13)22(16)19(24)14-9-18(23)11-21-10-14/h1-4,9-11,13,16-17,23H,5-8H2. The number of aromatic nitrogens is 1. The van der Waals surface area contributed by atoms with Gasteiger partial charge in [-0.15, -0.1) is 0 Å². The molecule has 2 aliphatic rings. The molecular formula is C19H19FN2O2. The molecule has 2 atom stereocenters. The maximum atomic E-state index is 13.1. The number of nitrogens with zero attached hydrogens (tertiary/aromatic N) is 2. The van der Waals surface area contributed by atoms with E-state index in [4.69, 9.17) is 0 Å². The van der Waals surface area contributed by atoms with Gasteiger partial charge in [0.2, 0.25) is 0 Å². The van der Waals surface area contributed by atoms with Crippen LogP contribution in [0.3, 0.4) is 0 Å². The fraction of sp³-hybridized carbons (Fsp3) is 0.368. The van der Waals surface area contributed by atoms with E-state index < -0.39 is 0 Å². The second kappa shape index (κ2) is 5.89. The van der Waals surface area contributed by atoms with Crippen LogP contribution in [0.15, 0.2) is 42.7 Å². The number of hydrogen-bond donors (Lipinski definition) is 1. The minimum Gasteiger partial charge on any atom is -0.506 e. The van der Waals surface area contributed by atoms with E-state index in [9.17, 15) is 14.3 Å². The highest BCUT2D eigenvalue weighted by Gasteiger charge is 2.43. The van der Waals surface area contributed by atoms with Crippen LogP contribution in [0, 0.1) is 5.82 Å². The van der Waals surface area contributed by atoms with E-state index in [0.29, 0.717) is 11.5 Å². The molecule has 0 aliphatic carbocycles. The number of amides is 1. The highest BCUT2D eigenvalue weighted by Crippen LogP contribution is 2.43. The number of halogens is 1. The average molecular weight is 326 g/mol. The van der Waals surface area contributed by atoms with Crippen LogP contribution in [0.25, 0.3) is 0 Å². The fourth-order valence-corrected chi connectivity index (χ4v) is 4.21. The third-order valence-corrected chi connectivity index (χ3v) is 5.28. The van der Waals surface area contributed by atoms with Crippen molar-refractivity contribution in [3.8, 4) is 5.75 Å². The number of carbonyl (C=O) groups is 1. The number of rotatable bonds is 2. The summed E-state index contributed by atoms with van der Waals surface area (Å²) in [5, 5.41) is 9.56. The third-order valence-electron chi connectivity index (χ3n) is 5.28. The zero-order chi connectivity index (χ0) is 16.7. The zero-order valence-corrected chi connectivity index (χ0v) is 13.2. The SMILES string of the molecule is O=C(c1cncc(O)c1)N1C2CCC1CC(c1ccc(F)cc1)C2. The largest absolute Gasteiger partial charge is 0.506 e. The molecule has 4 nitrogen and oxygen atoms in total. The first-order valence-corrected chi connectivity index (χ1v) is 8.34. The van der Waals surface area contributed by atoms with Crippen molar-refractivity contribution in [2.75, 3.05) is 0 Å². The van der Waals surface area contributed by atoms with Gasteiger partial charge in [0.15, 0.2) is 0 Å². The summed E-state index contributed by atoms with van der Waals surface area (Å²) in [6.07, 6.45) is 6.64. The average Bonchev–Trinajstić information content (AvgIpc) is 2.84. The van der Waals surface area contributed by atoms with Gasteiger partial charge < -0.3 is 10.0 Å². The molecular weight excluding hydrogens is 307 g/mol. The predicted molar refractivity (Wildman–Crippen MR) is 87.3 cm³/mol. The predicted octanol–water partition coefficient (Wildman–Crippen LogP) is 3.48. The monoisotopic (exact) mass is 326 g/mol. The maximum Gasteiger partial charge on any atom is 0.256 e. The van der Waals surface area contributed by atoms with Gasteiger partial charge in [-0.05, 0) is 55.4 Å². The van der Waals surface area contributed by atoms with E-state index in [1.807, 2.05) is 17.0 Å². The highest BCUT2D eigenvalue weighted by atomic mass is 19.1. The topological polar surface area (TPSA) is 53.4 Å². The maximum absolute atomic E-state index is 13.1. The molecule has 1 N–H and O–H groups in total. The van der Waals surface area contributed by atoms with Crippen molar-refractivity contribution in [3.05, 3.63) is 59.7 Å².